The van der Waals surface area contributed by atoms with Gasteiger partial charge in [-0.25, -0.2) is 8.42 Å². The van der Waals surface area contributed by atoms with Gasteiger partial charge in [0.15, 0.2) is 9.84 Å². The third-order valence-corrected chi connectivity index (χ3v) is 6.71. The van der Waals surface area contributed by atoms with Crippen molar-refractivity contribution in [2.24, 2.45) is 0 Å². The molecule has 1 aromatic rings. The minimum Gasteiger partial charge on any atom is -0.313 e. The van der Waals surface area contributed by atoms with Crippen LogP contribution in [0.5, 0.6) is 0 Å². The number of nitrogens with one attached hydrogen (secondary N) is 1. The first-order valence-corrected chi connectivity index (χ1v) is 8.55. The average Bonchev–Trinajstić information content (AvgIpc) is 2.66. The van der Waals surface area contributed by atoms with E-state index < -0.39 is 9.84 Å². The van der Waals surface area contributed by atoms with Crippen LogP contribution in [-0.2, 0) is 9.84 Å². The Morgan fingerprint density at radius 3 is 2.81 bits per heavy atom. The zero-order chi connectivity index (χ0) is 11.6. The van der Waals surface area contributed by atoms with Gasteiger partial charge in [0.25, 0.3) is 0 Å². The van der Waals surface area contributed by atoms with Gasteiger partial charge in [-0.15, -0.1) is 11.3 Å². The van der Waals surface area contributed by atoms with Crippen molar-refractivity contribution in [2.75, 3.05) is 12.3 Å². The number of thiophene rings is 1. The molecule has 1 N–H and O–H groups in total. The van der Waals surface area contributed by atoms with E-state index >= 15 is 0 Å². The maximum atomic E-state index is 12.1. The van der Waals surface area contributed by atoms with Crippen LogP contribution in [0.1, 0.15) is 19.3 Å². The van der Waals surface area contributed by atoms with Gasteiger partial charge < -0.3 is 5.32 Å². The number of halogens is 1. The quantitative estimate of drug-likeness (QED) is 0.929. The van der Waals surface area contributed by atoms with Crippen molar-refractivity contribution in [3.05, 3.63) is 15.9 Å². The molecule has 1 fully saturated rings. The fraction of sp³-hybridized carbons (Fsp3) is 0.600. The number of hydrogen-bond acceptors (Lipinski definition) is 4. The van der Waals surface area contributed by atoms with Gasteiger partial charge in [0.1, 0.15) is 4.21 Å². The van der Waals surface area contributed by atoms with Crippen LogP contribution in [0.4, 0.5) is 0 Å². The van der Waals surface area contributed by atoms with Crippen LogP contribution in [0.2, 0.25) is 0 Å². The number of piperidine rings is 1. The first-order valence-electron chi connectivity index (χ1n) is 5.29. The van der Waals surface area contributed by atoms with E-state index in [1.54, 1.807) is 12.1 Å². The summed E-state index contributed by atoms with van der Waals surface area (Å²) in [7, 11) is -3.11. The fourth-order valence-electron chi connectivity index (χ4n) is 1.88. The summed E-state index contributed by atoms with van der Waals surface area (Å²) in [5.41, 5.74) is 0. The van der Waals surface area contributed by atoms with Crippen LogP contribution in [0.15, 0.2) is 20.1 Å². The van der Waals surface area contributed by atoms with Gasteiger partial charge in [0.05, 0.1) is 9.54 Å². The Morgan fingerprint density at radius 1 is 1.44 bits per heavy atom. The predicted molar refractivity (Wildman–Crippen MR) is 69.7 cm³/mol. The molecule has 1 aliphatic heterocycles. The number of sulfone groups is 1. The summed E-state index contributed by atoms with van der Waals surface area (Å²) >= 11 is 4.57. The van der Waals surface area contributed by atoms with E-state index in [1.165, 1.54) is 11.3 Å². The van der Waals surface area contributed by atoms with Crippen LogP contribution in [0.3, 0.4) is 0 Å². The Balaban J connectivity index is 2.07. The summed E-state index contributed by atoms with van der Waals surface area (Å²) in [5, 5.41) is 3.27. The molecule has 90 valence electrons. The van der Waals surface area contributed by atoms with E-state index in [0.717, 1.165) is 29.6 Å². The van der Waals surface area contributed by atoms with Crippen molar-refractivity contribution in [1.82, 2.24) is 5.32 Å². The van der Waals surface area contributed by atoms with E-state index in [-0.39, 0.29) is 11.8 Å². The number of hydrogen-bond donors (Lipinski definition) is 1. The zero-order valence-corrected chi connectivity index (χ0v) is 12.0. The van der Waals surface area contributed by atoms with Gasteiger partial charge in [-0.3, -0.25) is 0 Å². The Morgan fingerprint density at radius 2 is 2.25 bits per heavy atom. The monoisotopic (exact) mass is 323 g/mol. The van der Waals surface area contributed by atoms with Crippen LogP contribution in [0, 0.1) is 0 Å². The van der Waals surface area contributed by atoms with E-state index in [2.05, 4.69) is 21.2 Å². The molecule has 1 aromatic heterocycles. The number of rotatable bonds is 3. The van der Waals surface area contributed by atoms with Crippen LogP contribution < -0.4 is 5.32 Å². The molecular weight excluding hydrogens is 310 g/mol. The van der Waals surface area contributed by atoms with E-state index in [0.29, 0.717) is 4.21 Å². The molecule has 0 aromatic carbocycles. The lowest BCUT2D eigenvalue weighted by atomic mass is 10.1. The first kappa shape index (κ1) is 12.5. The van der Waals surface area contributed by atoms with Crippen molar-refractivity contribution in [2.45, 2.75) is 29.5 Å². The molecule has 3 nitrogen and oxygen atoms in total. The molecule has 0 spiro atoms. The van der Waals surface area contributed by atoms with E-state index in [9.17, 15) is 8.42 Å². The highest BCUT2D eigenvalue weighted by Gasteiger charge is 2.23. The molecule has 0 aliphatic carbocycles. The highest BCUT2D eigenvalue weighted by atomic mass is 79.9. The van der Waals surface area contributed by atoms with Crippen LogP contribution >= 0.6 is 27.3 Å². The molecule has 0 radical (unpaired) electrons. The topological polar surface area (TPSA) is 46.2 Å². The molecule has 0 saturated carbocycles. The zero-order valence-electron chi connectivity index (χ0n) is 8.78. The molecule has 16 heavy (non-hydrogen) atoms. The second-order valence-electron chi connectivity index (χ2n) is 3.99. The lowest BCUT2D eigenvalue weighted by Gasteiger charge is -2.22. The molecule has 1 atom stereocenters. The second-order valence-corrected chi connectivity index (χ2v) is 8.71. The Bertz CT molecular complexity index is 449. The Hall–Kier alpha value is 0.0900. The fourth-order valence-corrected chi connectivity index (χ4v) is 5.55. The summed E-state index contributed by atoms with van der Waals surface area (Å²) in [6.07, 6.45) is 3.24. The van der Waals surface area contributed by atoms with Crippen molar-refractivity contribution in [3.8, 4) is 0 Å². The molecule has 1 aliphatic rings. The Kier molecular flexibility index (Phi) is 4.05. The average molecular weight is 324 g/mol. The normalized spacial score (nSPS) is 22.2. The largest absolute Gasteiger partial charge is 0.313 e. The third kappa shape index (κ3) is 3.06. The molecule has 6 heteroatoms. The third-order valence-electron chi connectivity index (χ3n) is 2.69. The maximum Gasteiger partial charge on any atom is 0.189 e. The molecular formula is C10H14BrNO2S2. The summed E-state index contributed by atoms with van der Waals surface area (Å²) < 4.78 is 25.5. The molecule has 1 unspecified atom stereocenters. The standard InChI is InChI=1S/C10H14BrNO2S2/c11-9-4-5-10(15-9)16(13,14)7-8-3-1-2-6-12-8/h4-5,8,12H,1-3,6-7H2. The summed E-state index contributed by atoms with van der Waals surface area (Å²) in [4.78, 5) is 0. The minimum absolute atomic E-state index is 0.125. The maximum absolute atomic E-state index is 12.1. The lowest BCUT2D eigenvalue weighted by Crippen LogP contribution is -2.39. The summed E-state index contributed by atoms with van der Waals surface area (Å²) in [6, 6.07) is 3.58. The minimum atomic E-state index is -3.11. The highest BCUT2D eigenvalue weighted by molar-refractivity contribution is 9.11. The van der Waals surface area contributed by atoms with Crippen molar-refractivity contribution in [1.29, 1.82) is 0 Å². The van der Waals surface area contributed by atoms with Gasteiger partial charge >= 0.3 is 0 Å². The molecule has 0 bridgehead atoms. The van der Waals surface area contributed by atoms with Crippen molar-refractivity contribution >= 4 is 37.1 Å². The van der Waals surface area contributed by atoms with Crippen molar-refractivity contribution in [3.63, 3.8) is 0 Å². The summed E-state index contributed by atoms with van der Waals surface area (Å²) in [5.74, 6) is 0.222. The van der Waals surface area contributed by atoms with Gasteiger partial charge in [-0.2, -0.15) is 0 Å². The van der Waals surface area contributed by atoms with Gasteiger partial charge in [0.2, 0.25) is 0 Å². The van der Waals surface area contributed by atoms with Crippen LogP contribution in [0.25, 0.3) is 0 Å². The SMILES string of the molecule is O=S(=O)(CC1CCCCN1)c1ccc(Br)s1. The van der Waals surface area contributed by atoms with E-state index in [1.807, 2.05) is 0 Å². The lowest BCUT2D eigenvalue weighted by molar-refractivity contribution is 0.424. The van der Waals surface area contributed by atoms with Gasteiger partial charge in [-0.05, 0) is 47.4 Å². The van der Waals surface area contributed by atoms with Crippen LogP contribution in [-0.4, -0.2) is 26.8 Å². The smallest absolute Gasteiger partial charge is 0.189 e. The molecule has 1 saturated heterocycles. The predicted octanol–water partition coefficient (Wildman–Crippen LogP) is 2.43. The first-order chi connectivity index (χ1) is 7.58. The summed E-state index contributed by atoms with van der Waals surface area (Å²) in [6.45, 7) is 0.939. The van der Waals surface area contributed by atoms with Gasteiger partial charge in [0, 0.05) is 6.04 Å². The molecule has 2 rings (SSSR count). The van der Waals surface area contributed by atoms with Crippen molar-refractivity contribution < 1.29 is 8.42 Å². The van der Waals surface area contributed by atoms with E-state index in [4.69, 9.17) is 0 Å². The van der Waals surface area contributed by atoms with Gasteiger partial charge in [-0.1, -0.05) is 6.42 Å². The Labute approximate surface area is 108 Å². The second kappa shape index (κ2) is 5.16. The molecule has 0 amide bonds. The molecule has 2 heterocycles. The highest BCUT2D eigenvalue weighted by Crippen LogP contribution is 2.27.